The summed E-state index contributed by atoms with van der Waals surface area (Å²) in [6.45, 7) is 1.98. The first-order chi connectivity index (χ1) is 17.9. The van der Waals surface area contributed by atoms with Crippen molar-refractivity contribution in [3.05, 3.63) is 121 Å². The van der Waals surface area contributed by atoms with Crippen LogP contribution in [0.5, 0.6) is 0 Å². The Labute approximate surface area is 216 Å². The van der Waals surface area contributed by atoms with Gasteiger partial charge in [0.2, 0.25) is 0 Å². The molecule has 0 radical (unpaired) electrons. The summed E-state index contributed by atoms with van der Waals surface area (Å²) in [4.78, 5) is 0.273. The van der Waals surface area contributed by atoms with E-state index in [0.717, 1.165) is 38.5 Å². The molecule has 182 valence electrons. The second-order valence-corrected chi connectivity index (χ2v) is 10.9. The zero-order valence-corrected chi connectivity index (χ0v) is 21.5. The van der Waals surface area contributed by atoms with Gasteiger partial charge in [0.25, 0.3) is 10.0 Å². The molecule has 1 aromatic heterocycles. The van der Waals surface area contributed by atoms with Crippen LogP contribution in [0.25, 0.3) is 44.1 Å². The van der Waals surface area contributed by atoms with Crippen molar-refractivity contribution in [1.82, 2.24) is 4.57 Å². The maximum Gasteiger partial charge on any atom is 0.263 e. The Morgan fingerprint density at radius 3 is 1.95 bits per heavy atom. The van der Waals surface area contributed by atoms with Crippen molar-refractivity contribution in [1.29, 1.82) is 0 Å². The Hall–Kier alpha value is -4.35. The number of para-hydroxylation sites is 1. The molecular weight excluding hydrogens is 476 g/mol. The number of fused-ring (bicyclic) bond motifs is 3. The van der Waals surface area contributed by atoms with E-state index in [1.807, 2.05) is 105 Å². The molecule has 0 fully saturated rings. The fourth-order valence-electron chi connectivity index (χ4n) is 5.11. The predicted octanol–water partition coefficient (Wildman–Crippen LogP) is 7.77. The highest BCUT2D eigenvalue weighted by Gasteiger charge is 2.29. The normalized spacial score (nSPS) is 11.7. The monoisotopic (exact) mass is 502 g/mol. The van der Waals surface area contributed by atoms with Gasteiger partial charge in [-0.15, -0.1) is 0 Å². The summed E-state index contributed by atoms with van der Waals surface area (Å²) in [5.74, 6) is 0. The number of hydrogen-bond donors (Lipinski definition) is 1. The van der Waals surface area contributed by atoms with Gasteiger partial charge in [0.15, 0.2) is 0 Å². The van der Waals surface area contributed by atoms with Gasteiger partial charge < -0.3 is 4.57 Å². The van der Waals surface area contributed by atoms with Crippen LogP contribution in [-0.2, 0) is 17.1 Å². The van der Waals surface area contributed by atoms with E-state index >= 15 is 0 Å². The second kappa shape index (κ2) is 8.95. The minimum atomic E-state index is -3.99. The molecular formula is C32H26N2O2S. The molecule has 1 N–H and O–H groups in total. The first-order valence-corrected chi connectivity index (χ1v) is 13.7. The van der Waals surface area contributed by atoms with E-state index in [1.54, 1.807) is 12.1 Å². The van der Waals surface area contributed by atoms with E-state index in [9.17, 15) is 8.42 Å². The predicted molar refractivity (Wildman–Crippen MR) is 153 cm³/mol. The van der Waals surface area contributed by atoms with E-state index in [-0.39, 0.29) is 4.90 Å². The number of rotatable bonds is 5. The molecule has 0 unspecified atom stereocenters. The van der Waals surface area contributed by atoms with Crippen molar-refractivity contribution in [2.45, 2.75) is 11.8 Å². The standard InChI is InChI=1S/C32H26N2O2S/c1-22-17-19-25(20-18-22)33-37(35,36)32-27(23-11-5-3-6-12-23)21-29-31(30(32)24-13-7-4-8-14-24)26-15-9-10-16-28(26)34(29)2/h3-21,33H,1-2H3. The first kappa shape index (κ1) is 23.1. The van der Waals surface area contributed by atoms with E-state index in [0.29, 0.717) is 16.8 Å². The number of anilines is 1. The van der Waals surface area contributed by atoms with Gasteiger partial charge in [-0.2, -0.15) is 0 Å². The topological polar surface area (TPSA) is 51.1 Å². The number of sulfonamides is 1. The fraction of sp³-hybridized carbons (Fsp3) is 0.0625. The molecule has 0 amide bonds. The molecule has 1 heterocycles. The van der Waals surface area contributed by atoms with Gasteiger partial charge in [0.1, 0.15) is 4.90 Å². The lowest BCUT2D eigenvalue weighted by Crippen LogP contribution is -2.16. The minimum absolute atomic E-state index is 0.273. The average Bonchev–Trinajstić information content (AvgIpc) is 3.21. The lowest BCUT2D eigenvalue weighted by Gasteiger charge is -2.19. The van der Waals surface area contributed by atoms with Crippen molar-refractivity contribution in [2.75, 3.05) is 4.72 Å². The molecule has 5 heteroatoms. The molecule has 0 atom stereocenters. The van der Waals surface area contributed by atoms with Gasteiger partial charge in [-0.3, -0.25) is 4.72 Å². The van der Waals surface area contributed by atoms with Crippen molar-refractivity contribution < 1.29 is 8.42 Å². The summed E-state index contributed by atoms with van der Waals surface area (Å²) >= 11 is 0. The Balaban J connectivity index is 1.78. The summed E-state index contributed by atoms with van der Waals surface area (Å²) in [6, 6.07) is 37.1. The third-order valence-electron chi connectivity index (χ3n) is 6.87. The molecule has 0 saturated carbocycles. The van der Waals surface area contributed by atoms with Crippen LogP contribution in [0.3, 0.4) is 0 Å². The van der Waals surface area contributed by atoms with Gasteiger partial charge in [-0.05, 0) is 42.3 Å². The van der Waals surface area contributed by atoms with Crippen molar-refractivity contribution in [3.63, 3.8) is 0 Å². The van der Waals surface area contributed by atoms with E-state index in [2.05, 4.69) is 21.4 Å². The molecule has 6 rings (SSSR count). The van der Waals surface area contributed by atoms with Gasteiger partial charge in [0.05, 0.1) is 5.52 Å². The molecule has 0 bridgehead atoms. The Morgan fingerprint density at radius 1 is 0.676 bits per heavy atom. The van der Waals surface area contributed by atoms with Crippen molar-refractivity contribution in [2.24, 2.45) is 7.05 Å². The van der Waals surface area contributed by atoms with Crippen molar-refractivity contribution >= 4 is 37.5 Å². The van der Waals surface area contributed by atoms with Gasteiger partial charge in [-0.25, -0.2) is 8.42 Å². The number of aryl methyl sites for hydroxylation is 2. The van der Waals surface area contributed by atoms with Crippen LogP contribution < -0.4 is 4.72 Å². The number of hydrogen-bond acceptors (Lipinski definition) is 2. The van der Waals surface area contributed by atoms with Gasteiger partial charge in [0, 0.05) is 40.2 Å². The maximum atomic E-state index is 14.3. The van der Waals surface area contributed by atoms with Gasteiger partial charge >= 0.3 is 0 Å². The third kappa shape index (κ3) is 3.98. The van der Waals surface area contributed by atoms with Gasteiger partial charge in [-0.1, -0.05) is 96.6 Å². The molecule has 0 aliphatic rings. The Morgan fingerprint density at radius 2 is 1.27 bits per heavy atom. The average molecular weight is 503 g/mol. The lowest BCUT2D eigenvalue weighted by atomic mass is 9.94. The second-order valence-electron chi connectivity index (χ2n) is 9.30. The molecule has 0 spiro atoms. The summed E-state index contributed by atoms with van der Waals surface area (Å²) in [5.41, 5.74) is 6.69. The molecule has 0 saturated heterocycles. The lowest BCUT2D eigenvalue weighted by molar-refractivity contribution is 0.602. The third-order valence-corrected chi connectivity index (χ3v) is 8.34. The molecule has 6 aromatic rings. The summed E-state index contributed by atoms with van der Waals surface area (Å²) < 4.78 is 33.7. The van der Waals surface area contributed by atoms with Crippen LogP contribution in [0, 0.1) is 6.92 Å². The largest absolute Gasteiger partial charge is 0.344 e. The number of benzene rings is 5. The fourth-order valence-corrected chi connectivity index (χ4v) is 6.62. The van der Waals surface area contributed by atoms with Crippen molar-refractivity contribution in [3.8, 4) is 22.3 Å². The molecule has 37 heavy (non-hydrogen) atoms. The highest BCUT2D eigenvalue weighted by molar-refractivity contribution is 7.93. The smallest absolute Gasteiger partial charge is 0.263 e. The zero-order valence-electron chi connectivity index (χ0n) is 20.6. The maximum absolute atomic E-state index is 14.3. The van der Waals surface area contributed by atoms with E-state index in [1.165, 1.54) is 0 Å². The number of aromatic nitrogens is 1. The minimum Gasteiger partial charge on any atom is -0.344 e. The highest BCUT2D eigenvalue weighted by Crippen LogP contribution is 2.45. The molecule has 4 nitrogen and oxygen atoms in total. The quantitative estimate of drug-likeness (QED) is 0.262. The molecule has 0 aliphatic carbocycles. The number of nitrogens with zero attached hydrogens (tertiary/aromatic N) is 1. The van der Waals surface area contributed by atoms with Crippen LogP contribution in [0.1, 0.15) is 5.56 Å². The summed E-state index contributed by atoms with van der Waals surface area (Å²) in [5, 5.41) is 1.94. The van der Waals surface area contributed by atoms with E-state index in [4.69, 9.17) is 0 Å². The highest BCUT2D eigenvalue weighted by atomic mass is 32.2. The number of nitrogens with one attached hydrogen (secondary N) is 1. The molecule has 0 aliphatic heterocycles. The Bertz CT molecular complexity index is 1860. The summed E-state index contributed by atoms with van der Waals surface area (Å²) in [6.07, 6.45) is 0. The summed E-state index contributed by atoms with van der Waals surface area (Å²) in [7, 11) is -1.96. The first-order valence-electron chi connectivity index (χ1n) is 12.2. The zero-order chi connectivity index (χ0) is 25.6. The van der Waals surface area contributed by atoms with Crippen LogP contribution >= 0.6 is 0 Å². The SMILES string of the molecule is Cc1ccc(NS(=O)(=O)c2c(-c3ccccc3)cc3c(c2-c2ccccc2)c2ccccc2n3C)cc1. The molecule has 5 aromatic carbocycles. The van der Waals surface area contributed by atoms with E-state index < -0.39 is 10.0 Å². The van der Waals surface area contributed by atoms with Crippen LogP contribution in [0.2, 0.25) is 0 Å². The van der Waals surface area contributed by atoms with Crippen LogP contribution in [-0.4, -0.2) is 13.0 Å². The van der Waals surface area contributed by atoms with Crippen LogP contribution in [0.4, 0.5) is 5.69 Å². The van der Waals surface area contributed by atoms with Crippen LogP contribution in [0.15, 0.2) is 120 Å². The Kier molecular flexibility index (Phi) is 5.58.